The highest BCUT2D eigenvalue weighted by atomic mass is 15.2. The van der Waals surface area contributed by atoms with Gasteiger partial charge in [0.05, 0.1) is 5.56 Å². The molecule has 0 N–H and O–H groups in total. The van der Waals surface area contributed by atoms with Crippen LogP contribution in [0.15, 0.2) is 42.6 Å². The molecule has 1 aromatic heterocycles. The first-order valence-corrected chi connectivity index (χ1v) is 7.44. The Labute approximate surface area is 125 Å². The summed E-state index contributed by atoms with van der Waals surface area (Å²) in [5, 5.41) is 8.85. The third kappa shape index (κ3) is 3.05. The Balaban J connectivity index is 1.77. The summed E-state index contributed by atoms with van der Waals surface area (Å²) in [4.78, 5) is 6.75. The number of anilines is 1. The van der Waals surface area contributed by atoms with Crippen LogP contribution < -0.4 is 4.90 Å². The minimum atomic E-state index is 0.566. The van der Waals surface area contributed by atoms with E-state index >= 15 is 0 Å². The van der Waals surface area contributed by atoms with Crippen LogP contribution in [0.2, 0.25) is 0 Å². The Morgan fingerprint density at radius 3 is 2.90 bits per heavy atom. The zero-order chi connectivity index (χ0) is 14.7. The molecular formula is C18H19N3. The summed E-state index contributed by atoms with van der Waals surface area (Å²) in [5.74, 6) is 1.54. The number of hydrogen-bond donors (Lipinski definition) is 0. The summed E-state index contributed by atoms with van der Waals surface area (Å²) in [7, 11) is 0. The van der Waals surface area contributed by atoms with Crippen molar-refractivity contribution in [2.24, 2.45) is 0 Å². The average molecular weight is 277 g/mol. The van der Waals surface area contributed by atoms with E-state index in [1.807, 2.05) is 12.1 Å². The van der Waals surface area contributed by atoms with Crippen molar-refractivity contribution in [2.75, 3.05) is 18.0 Å². The molecule has 0 spiro atoms. The number of aryl methyl sites for hydroxylation is 1. The fourth-order valence-electron chi connectivity index (χ4n) is 3.02. The number of hydrogen-bond acceptors (Lipinski definition) is 3. The van der Waals surface area contributed by atoms with Gasteiger partial charge in [0, 0.05) is 25.2 Å². The number of rotatable bonds is 2. The van der Waals surface area contributed by atoms with Gasteiger partial charge in [-0.1, -0.05) is 29.8 Å². The average Bonchev–Trinajstić information content (AvgIpc) is 2.55. The lowest BCUT2D eigenvalue weighted by atomic mass is 9.90. The van der Waals surface area contributed by atoms with Gasteiger partial charge in [0.15, 0.2) is 0 Å². The van der Waals surface area contributed by atoms with Gasteiger partial charge in [0.25, 0.3) is 0 Å². The van der Waals surface area contributed by atoms with Crippen molar-refractivity contribution in [3.05, 3.63) is 59.3 Å². The lowest BCUT2D eigenvalue weighted by Crippen LogP contribution is -2.34. The Morgan fingerprint density at radius 1 is 1.29 bits per heavy atom. The quantitative estimate of drug-likeness (QED) is 0.841. The standard InChI is InChI=1S/C18H19N3/c1-14-4-2-5-16(10-14)17-6-3-9-21(13-17)18-8-7-15(11-19)12-20-18/h2,4-5,7-8,10,12,17H,3,6,9,13H2,1H3. The van der Waals surface area contributed by atoms with E-state index in [0.29, 0.717) is 11.5 Å². The first-order chi connectivity index (χ1) is 10.3. The second-order valence-corrected chi connectivity index (χ2v) is 5.72. The van der Waals surface area contributed by atoms with Crippen LogP contribution >= 0.6 is 0 Å². The van der Waals surface area contributed by atoms with Gasteiger partial charge < -0.3 is 4.90 Å². The van der Waals surface area contributed by atoms with Crippen LogP contribution in [0.3, 0.4) is 0 Å². The van der Waals surface area contributed by atoms with Crippen molar-refractivity contribution in [1.29, 1.82) is 5.26 Å². The summed E-state index contributed by atoms with van der Waals surface area (Å²) < 4.78 is 0. The molecule has 1 unspecified atom stereocenters. The van der Waals surface area contributed by atoms with E-state index in [0.717, 1.165) is 18.9 Å². The molecule has 3 heteroatoms. The molecule has 3 rings (SSSR count). The maximum atomic E-state index is 8.85. The zero-order valence-corrected chi connectivity index (χ0v) is 12.3. The van der Waals surface area contributed by atoms with Crippen molar-refractivity contribution < 1.29 is 0 Å². The second-order valence-electron chi connectivity index (χ2n) is 5.72. The summed E-state index contributed by atoms with van der Waals surface area (Å²) in [6.07, 6.45) is 4.07. The van der Waals surface area contributed by atoms with E-state index in [9.17, 15) is 0 Å². The summed E-state index contributed by atoms with van der Waals surface area (Å²) in [5.41, 5.74) is 3.36. The van der Waals surface area contributed by atoms with Gasteiger partial charge in [-0.25, -0.2) is 4.98 Å². The SMILES string of the molecule is Cc1cccc(C2CCCN(c3ccc(C#N)cn3)C2)c1. The highest BCUT2D eigenvalue weighted by Crippen LogP contribution is 2.29. The third-order valence-electron chi connectivity index (χ3n) is 4.14. The van der Waals surface area contributed by atoms with Crippen molar-refractivity contribution >= 4 is 5.82 Å². The van der Waals surface area contributed by atoms with Gasteiger partial charge >= 0.3 is 0 Å². The molecule has 2 aromatic rings. The molecule has 21 heavy (non-hydrogen) atoms. The molecule has 0 amide bonds. The van der Waals surface area contributed by atoms with Gasteiger partial charge in [-0.2, -0.15) is 5.26 Å². The van der Waals surface area contributed by atoms with Gasteiger partial charge in [-0.3, -0.25) is 0 Å². The molecule has 1 aromatic carbocycles. The van der Waals surface area contributed by atoms with Gasteiger partial charge in [-0.05, 0) is 37.5 Å². The molecule has 0 saturated carbocycles. The molecule has 2 heterocycles. The first-order valence-electron chi connectivity index (χ1n) is 7.44. The number of piperidine rings is 1. The maximum Gasteiger partial charge on any atom is 0.128 e. The van der Waals surface area contributed by atoms with Crippen molar-refractivity contribution in [3.63, 3.8) is 0 Å². The van der Waals surface area contributed by atoms with Crippen molar-refractivity contribution in [3.8, 4) is 6.07 Å². The number of aromatic nitrogens is 1. The molecule has 0 radical (unpaired) electrons. The first kappa shape index (κ1) is 13.6. The van der Waals surface area contributed by atoms with E-state index in [1.165, 1.54) is 24.0 Å². The number of pyridine rings is 1. The number of nitriles is 1. The van der Waals surface area contributed by atoms with Crippen LogP contribution in [-0.2, 0) is 0 Å². The number of nitrogens with zero attached hydrogens (tertiary/aromatic N) is 3. The fourth-order valence-corrected chi connectivity index (χ4v) is 3.02. The largest absolute Gasteiger partial charge is 0.356 e. The molecule has 1 aliphatic rings. The third-order valence-corrected chi connectivity index (χ3v) is 4.14. The molecule has 0 bridgehead atoms. The molecule has 1 aliphatic heterocycles. The van der Waals surface area contributed by atoms with E-state index in [2.05, 4.69) is 47.1 Å². The molecular weight excluding hydrogens is 258 g/mol. The summed E-state index contributed by atoms with van der Waals surface area (Å²) >= 11 is 0. The van der Waals surface area contributed by atoms with Crippen LogP contribution in [-0.4, -0.2) is 18.1 Å². The summed E-state index contributed by atoms with van der Waals surface area (Å²) in [6, 6.07) is 14.7. The predicted molar refractivity (Wildman–Crippen MR) is 84.3 cm³/mol. The minimum Gasteiger partial charge on any atom is -0.356 e. The minimum absolute atomic E-state index is 0.566. The topological polar surface area (TPSA) is 39.9 Å². The van der Waals surface area contributed by atoms with E-state index in [4.69, 9.17) is 5.26 Å². The molecule has 1 atom stereocenters. The Kier molecular flexibility index (Phi) is 3.87. The molecule has 1 fully saturated rings. The predicted octanol–water partition coefficient (Wildman–Crippen LogP) is 3.65. The maximum absolute atomic E-state index is 8.85. The smallest absolute Gasteiger partial charge is 0.128 e. The molecule has 3 nitrogen and oxygen atoms in total. The van der Waals surface area contributed by atoms with Gasteiger partial charge in [0.1, 0.15) is 11.9 Å². The van der Waals surface area contributed by atoms with E-state index in [-0.39, 0.29) is 0 Å². The lowest BCUT2D eigenvalue weighted by Gasteiger charge is -2.34. The highest BCUT2D eigenvalue weighted by Gasteiger charge is 2.22. The molecule has 0 aliphatic carbocycles. The van der Waals surface area contributed by atoms with Crippen LogP contribution in [0.5, 0.6) is 0 Å². The van der Waals surface area contributed by atoms with Crippen molar-refractivity contribution in [1.82, 2.24) is 4.98 Å². The normalized spacial score (nSPS) is 18.3. The monoisotopic (exact) mass is 277 g/mol. The Hall–Kier alpha value is -2.34. The van der Waals surface area contributed by atoms with Crippen LogP contribution in [0, 0.1) is 18.3 Å². The lowest BCUT2D eigenvalue weighted by molar-refractivity contribution is 0.507. The highest BCUT2D eigenvalue weighted by molar-refractivity contribution is 5.43. The van der Waals surface area contributed by atoms with Gasteiger partial charge in [-0.15, -0.1) is 0 Å². The van der Waals surface area contributed by atoms with Crippen LogP contribution in [0.1, 0.15) is 35.4 Å². The fraction of sp³-hybridized carbons (Fsp3) is 0.333. The Morgan fingerprint density at radius 2 is 2.19 bits per heavy atom. The van der Waals surface area contributed by atoms with Gasteiger partial charge in [0.2, 0.25) is 0 Å². The van der Waals surface area contributed by atoms with Crippen LogP contribution in [0.4, 0.5) is 5.82 Å². The Bertz CT molecular complexity index is 655. The number of benzene rings is 1. The molecule has 106 valence electrons. The van der Waals surface area contributed by atoms with E-state index in [1.54, 1.807) is 6.20 Å². The summed E-state index contributed by atoms with van der Waals surface area (Å²) in [6.45, 7) is 4.19. The second kappa shape index (κ2) is 5.97. The molecule has 1 saturated heterocycles. The van der Waals surface area contributed by atoms with Crippen LogP contribution in [0.25, 0.3) is 0 Å². The van der Waals surface area contributed by atoms with Crippen molar-refractivity contribution in [2.45, 2.75) is 25.7 Å². The van der Waals surface area contributed by atoms with E-state index < -0.39 is 0 Å². The zero-order valence-electron chi connectivity index (χ0n) is 12.3.